The fraction of sp³-hybridized carbons (Fsp3) is 0.300. The van der Waals surface area contributed by atoms with E-state index in [9.17, 15) is 4.39 Å². The quantitative estimate of drug-likeness (QED) is 0.664. The van der Waals surface area contributed by atoms with Crippen LogP contribution < -0.4 is 5.32 Å². The summed E-state index contributed by atoms with van der Waals surface area (Å²) in [5.74, 6) is -0.321. The molecule has 2 nitrogen and oxygen atoms in total. The van der Waals surface area contributed by atoms with Gasteiger partial charge in [0.25, 0.3) is 0 Å². The number of allylic oxidation sites excluding steroid dienone is 3. The fourth-order valence-corrected chi connectivity index (χ4v) is 0.552. The minimum absolute atomic E-state index is 0.321. The summed E-state index contributed by atoms with van der Waals surface area (Å²) in [4.78, 5) is 3.86. The standard InChI is InChI=1S/C10H15FN2/c1-5-6-12-9(3)10(4)13-7-8(2)11/h5-7,12H,3H2,1-2,4H3/b6-5-,8-7+,13-10?. The molecule has 0 aliphatic heterocycles. The highest BCUT2D eigenvalue weighted by Gasteiger charge is 1.93. The summed E-state index contributed by atoms with van der Waals surface area (Å²) in [7, 11) is 0. The number of hydrogen-bond donors (Lipinski definition) is 1. The minimum Gasteiger partial charge on any atom is -0.361 e. The van der Waals surface area contributed by atoms with E-state index in [1.807, 2.05) is 13.0 Å². The fourth-order valence-electron chi connectivity index (χ4n) is 0.552. The second-order valence-electron chi connectivity index (χ2n) is 2.55. The third kappa shape index (κ3) is 5.84. The monoisotopic (exact) mass is 182 g/mol. The lowest BCUT2D eigenvalue weighted by Gasteiger charge is -2.02. The van der Waals surface area contributed by atoms with Gasteiger partial charge in [-0.15, -0.1) is 0 Å². The number of nitrogens with zero attached hydrogens (tertiary/aromatic N) is 1. The van der Waals surface area contributed by atoms with Crippen LogP contribution in [0.3, 0.4) is 0 Å². The maximum absolute atomic E-state index is 12.3. The van der Waals surface area contributed by atoms with Crippen molar-refractivity contribution in [2.75, 3.05) is 0 Å². The van der Waals surface area contributed by atoms with Crippen LogP contribution in [0.2, 0.25) is 0 Å². The highest BCUT2D eigenvalue weighted by atomic mass is 19.1. The van der Waals surface area contributed by atoms with Crippen molar-refractivity contribution in [2.24, 2.45) is 4.99 Å². The number of aliphatic imine (C=N–C) groups is 1. The summed E-state index contributed by atoms with van der Waals surface area (Å²) in [6.07, 6.45) is 4.75. The van der Waals surface area contributed by atoms with Crippen molar-refractivity contribution in [3.8, 4) is 0 Å². The van der Waals surface area contributed by atoms with Crippen LogP contribution in [0.4, 0.5) is 4.39 Å². The number of rotatable bonds is 4. The van der Waals surface area contributed by atoms with Gasteiger partial charge in [-0.1, -0.05) is 12.7 Å². The zero-order valence-corrected chi connectivity index (χ0v) is 8.26. The van der Waals surface area contributed by atoms with Gasteiger partial charge in [-0.3, -0.25) is 4.99 Å². The summed E-state index contributed by atoms with van der Waals surface area (Å²) in [5, 5.41) is 2.90. The Hall–Kier alpha value is -1.38. The normalized spacial score (nSPS) is 13.5. The predicted octanol–water partition coefficient (Wildman–Crippen LogP) is 2.92. The van der Waals surface area contributed by atoms with Crippen LogP contribution in [-0.4, -0.2) is 5.71 Å². The molecule has 0 atom stereocenters. The number of nitrogens with one attached hydrogen (secondary N) is 1. The third-order valence-electron chi connectivity index (χ3n) is 1.30. The van der Waals surface area contributed by atoms with Gasteiger partial charge in [0.05, 0.1) is 17.6 Å². The highest BCUT2D eigenvalue weighted by Crippen LogP contribution is 1.96. The van der Waals surface area contributed by atoms with Crippen molar-refractivity contribution in [3.63, 3.8) is 0 Å². The highest BCUT2D eigenvalue weighted by molar-refractivity contribution is 5.97. The van der Waals surface area contributed by atoms with Gasteiger partial charge in [-0.2, -0.15) is 0 Å². The Balaban J connectivity index is 4.25. The largest absolute Gasteiger partial charge is 0.361 e. The number of halogens is 1. The minimum atomic E-state index is -0.321. The van der Waals surface area contributed by atoms with Crippen molar-refractivity contribution in [3.05, 3.63) is 36.6 Å². The first-order valence-electron chi connectivity index (χ1n) is 4.01. The molecule has 0 saturated carbocycles. The SMILES string of the molecule is C=C(N/C=C\C)C(C)=N/C=C(\C)F. The van der Waals surface area contributed by atoms with E-state index in [2.05, 4.69) is 16.9 Å². The smallest absolute Gasteiger partial charge is 0.115 e. The molecule has 0 radical (unpaired) electrons. The molecular weight excluding hydrogens is 167 g/mol. The summed E-state index contributed by atoms with van der Waals surface area (Å²) < 4.78 is 12.3. The van der Waals surface area contributed by atoms with E-state index in [1.165, 1.54) is 6.92 Å². The zero-order chi connectivity index (χ0) is 10.3. The topological polar surface area (TPSA) is 24.4 Å². The van der Waals surface area contributed by atoms with Gasteiger partial charge >= 0.3 is 0 Å². The molecule has 0 aromatic heterocycles. The molecule has 0 bridgehead atoms. The summed E-state index contributed by atoms with van der Waals surface area (Å²) in [6, 6.07) is 0. The lowest BCUT2D eigenvalue weighted by Crippen LogP contribution is -2.10. The molecule has 0 unspecified atom stereocenters. The first kappa shape index (κ1) is 11.6. The molecule has 3 heteroatoms. The predicted molar refractivity (Wildman–Crippen MR) is 55.1 cm³/mol. The van der Waals surface area contributed by atoms with E-state index in [-0.39, 0.29) is 5.83 Å². The average molecular weight is 182 g/mol. The summed E-state index contributed by atoms with van der Waals surface area (Å²) >= 11 is 0. The Kier molecular flexibility index (Phi) is 5.52. The van der Waals surface area contributed by atoms with Gasteiger partial charge in [-0.05, 0) is 27.0 Å². The van der Waals surface area contributed by atoms with E-state index in [4.69, 9.17) is 0 Å². The summed E-state index contributed by atoms with van der Waals surface area (Å²) in [5.41, 5.74) is 1.32. The van der Waals surface area contributed by atoms with Crippen LogP contribution in [0, 0.1) is 0 Å². The molecule has 0 saturated heterocycles. The second-order valence-corrected chi connectivity index (χ2v) is 2.55. The Morgan fingerprint density at radius 1 is 1.46 bits per heavy atom. The molecule has 0 aromatic carbocycles. The van der Waals surface area contributed by atoms with Gasteiger partial charge in [0.1, 0.15) is 5.83 Å². The molecule has 0 amide bonds. The van der Waals surface area contributed by atoms with Crippen molar-refractivity contribution < 1.29 is 4.39 Å². The van der Waals surface area contributed by atoms with Crippen LogP contribution in [0.25, 0.3) is 0 Å². The van der Waals surface area contributed by atoms with Gasteiger partial charge in [0, 0.05) is 0 Å². The van der Waals surface area contributed by atoms with Gasteiger partial charge in [-0.25, -0.2) is 4.39 Å². The molecule has 1 N–H and O–H groups in total. The van der Waals surface area contributed by atoms with E-state index in [0.717, 1.165) is 6.20 Å². The van der Waals surface area contributed by atoms with Crippen molar-refractivity contribution >= 4 is 5.71 Å². The maximum atomic E-state index is 12.3. The molecule has 0 rings (SSSR count). The van der Waals surface area contributed by atoms with Gasteiger partial charge in [0.15, 0.2) is 0 Å². The molecule has 0 aliphatic rings. The Morgan fingerprint density at radius 3 is 2.54 bits per heavy atom. The van der Waals surface area contributed by atoms with Crippen molar-refractivity contribution in [1.29, 1.82) is 0 Å². The van der Waals surface area contributed by atoms with Crippen LogP contribution in [-0.2, 0) is 0 Å². The van der Waals surface area contributed by atoms with Gasteiger partial charge in [0.2, 0.25) is 0 Å². The van der Waals surface area contributed by atoms with Crippen LogP contribution in [0.15, 0.2) is 41.6 Å². The molecule has 0 spiro atoms. The molecule has 0 aromatic rings. The Labute approximate surface area is 78.6 Å². The Bertz CT molecular complexity index is 258. The molecule has 0 fully saturated rings. The molecule has 0 aliphatic carbocycles. The first-order valence-corrected chi connectivity index (χ1v) is 4.01. The van der Waals surface area contributed by atoms with Crippen molar-refractivity contribution in [1.82, 2.24) is 5.32 Å². The van der Waals surface area contributed by atoms with E-state index in [0.29, 0.717) is 11.4 Å². The lowest BCUT2D eigenvalue weighted by atomic mass is 10.3. The lowest BCUT2D eigenvalue weighted by molar-refractivity contribution is 0.637. The van der Waals surface area contributed by atoms with Crippen LogP contribution in [0.5, 0.6) is 0 Å². The molecular formula is C10H15FN2. The van der Waals surface area contributed by atoms with E-state index in [1.54, 1.807) is 13.1 Å². The molecule has 72 valence electrons. The maximum Gasteiger partial charge on any atom is 0.115 e. The van der Waals surface area contributed by atoms with Crippen LogP contribution in [0.1, 0.15) is 20.8 Å². The zero-order valence-electron chi connectivity index (χ0n) is 8.26. The second kappa shape index (κ2) is 6.17. The first-order chi connectivity index (χ1) is 6.07. The van der Waals surface area contributed by atoms with E-state index >= 15 is 0 Å². The van der Waals surface area contributed by atoms with E-state index < -0.39 is 0 Å². The summed E-state index contributed by atoms with van der Waals surface area (Å²) in [6.45, 7) is 8.72. The Morgan fingerprint density at radius 2 is 2.08 bits per heavy atom. The van der Waals surface area contributed by atoms with Crippen molar-refractivity contribution in [2.45, 2.75) is 20.8 Å². The average Bonchev–Trinajstić information content (AvgIpc) is 2.10. The van der Waals surface area contributed by atoms with Gasteiger partial charge < -0.3 is 5.32 Å². The molecule has 13 heavy (non-hydrogen) atoms. The third-order valence-corrected chi connectivity index (χ3v) is 1.30. The molecule has 0 heterocycles. The number of hydrogen-bond acceptors (Lipinski definition) is 2. The van der Waals surface area contributed by atoms with Crippen LogP contribution >= 0.6 is 0 Å².